The van der Waals surface area contributed by atoms with Crippen LogP contribution in [0.25, 0.3) is 11.5 Å². The number of nitro groups is 2. The average Bonchev–Trinajstić information content (AvgIpc) is 3.15. The van der Waals surface area contributed by atoms with Gasteiger partial charge in [-0.05, 0) is 24.3 Å². The van der Waals surface area contributed by atoms with Crippen molar-refractivity contribution in [2.75, 3.05) is 5.32 Å². The largest absolute Gasteiger partial charge is 0.416 e. The predicted octanol–water partition coefficient (Wildman–Crippen LogP) is 3.82. The van der Waals surface area contributed by atoms with Crippen LogP contribution in [0, 0.1) is 20.2 Å². The van der Waals surface area contributed by atoms with Crippen molar-refractivity contribution in [1.82, 2.24) is 10.2 Å². The van der Waals surface area contributed by atoms with E-state index in [0.717, 1.165) is 36.4 Å². The lowest BCUT2D eigenvalue weighted by Gasteiger charge is -2.05. The maximum absolute atomic E-state index is 12.6. The van der Waals surface area contributed by atoms with Gasteiger partial charge >= 0.3 is 12.2 Å². The Balaban J connectivity index is 1.81. The lowest BCUT2D eigenvalue weighted by atomic mass is 10.1. The summed E-state index contributed by atoms with van der Waals surface area (Å²) >= 11 is 0. The number of amides is 1. The molecule has 0 radical (unpaired) electrons. The van der Waals surface area contributed by atoms with Gasteiger partial charge in [-0.1, -0.05) is 5.10 Å². The highest BCUT2D eigenvalue weighted by Crippen LogP contribution is 2.31. The molecule has 3 rings (SSSR count). The summed E-state index contributed by atoms with van der Waals surface area (Å²) in [6, 6.07) is 5.64. The number of nitrogens with zero attached hydrogens (tertiary/aromatic N) is 4. The zero-order chi connectivity index (χ0) is 22.1. The zero-order valence-corrected chi connectivity index (χ0v) is 14.4. The molecule has 3 aromatic rings. The number of carbonyl (C=O) groups excluding carboxylic acids is 1. The SMILES string of the molecule is O=C(Nc1nnc(-c2ccc(C(F)(F)F)cc2)o1)c1cc([N+](=O)[O-])cc([N+](=O)[O-])c1. The van der Waals surface area contributed by atoms with Crippen LogP contribution >= 0.6 is 0 Å². The second-order valence-corrected chi connectivity index (χ2v) is 5.69. The first-order valence-electron chi connectivity index (χ1n) is 7.81. The number of nitro benzene ring substituents is 2. The van der Waals surface area contributed by atoms with Gasteiger partial charge in [0.2, 0.25) is 5.89 Å². The van der Waals surface area contributed by atoms with E-state index in [1.54, 1.807) is 0 Å². The number of benzene rings is 2. The summed E-state index contributed by atoms with van der Waals surface area (Å²) in [7, 11) is 0. The number of alkyl halides is 3. The summed E-state index contributed by atoms with van der Waals surface area (Å²) in [4.78, 5) is 32.2. The third-order valence-electron chi connectivity index (χ3n) is 3.69. The molecule has 0 unspecified atom stereocenters. The number of carbonyl (C=O) groups is 1. The number of halogens is 3. The van der Waals surface area contributed by atoms with Crippen molar-refractivity contribution in [3.63, 3.8) is 0 Å². The number of aromatic nitrogens is 2. The predicted molar refractivity (Wildman–Crippen MR) is 92.4 cm³/mol. The minimum absolute atomic E-state index is 0.141. The molecule has 1 heterocycles. The Kier molecular flexibility index (Phi) is 5.14. The summed E-state index contributed by atoms with van der Waals surface area (Å²) in [6.45, 7) is 0. The molecule has 30 heavy (non-hydrogen) atoms. The number of hydrogen-bond donors (Lipinski definition) is 1. The van der Waals surface area contributed by atoms with E-state index in [1.807, 2.05) is 0 Å². The van der Waals surface area contributed by atoms with E-state index in [-0.39, 0.29) is 11.5 Å². The van der Waals surface area contributed by atoms with Crippen molar-refractivity contribution < 1.29 is 32.2 Å². The fraction of sp³-hybridized carbons (Fsp3) is 0.0625. The molecule has 0 atom stereocenters. The van der Waals surface area contributed by atoms with Gasteiger partial charge in [-0.2, -0.15) is 13.2 Å². The molecule has 0 saturated carbocycles. The smallest absolute Gasteiger partial charge is 0.403 e. The van der Waals surface area contributed by atoms with Gasteiger partial charge in [-0.25, -0.2) is 0 Å². The normalized spacial score (nSPS) is 11.2. The molecule has 0 fully saturated rings. The molecule has 0 aliphatic rings. The zero-order valence-electron chi connectivity index (χ0n) is 14.4. The second-order valence-electron chi connectivity index (χ2n) is 5.69. The number of non-ortho nitro benzene ring substituents is 2. The van der Waals surface area contributed by atoms with E-state index in [4.69, 9.17) is 4.42 Å². The molecule has 0 saturated heterocycles. The first-order chi connectivity index (χ1) is 14.0. The monoisotopic (exact) mass is 423 g/mol. The van der Waals surface area contributed by atoms with Gasteiger partial charge in [-0.3, -0.25) is 30.3 Å². The molecule has 0 aliphatic heterocycles. The van der Waals surface area contributed by atoms with Gasteiger partial charge in [0, 0.05) is 17.7 Å². The maximum Gasteiger partial charge on any atom is 0.416 e. The maximum atomic E-state index is 12.6. The molecule has 1 aromatic heterocycles. The Morgan fingerprint density at radius 2 is 1.53 bits per heavy atom. The van der Waals surface area contributed by atoms with Crippen molar-refractivity contribution >= 4 is 23.3 Å². The van der Waals surface area contributed by atoms with E-state index < -0.39 is 50.4 Å². The molecule has 2 aromatic carbocycles. The van der Waals surface area contributed by atoms with Gasteiger partial charge in [0.25, 0.3) is 17.3 Å². The molecule has 0 spiro atoms. The third kappa shape index (κ3) is 4.37. The lowest BCUT2D eigenvalue weighted by Crippen LogP contribution is -2.13. The van der Waals surface area contributed by atoms with Gasteiger partial charge in [0.1, 0.15) is 0 Å². The standard InChI is InChI=1S/C16H8F3N5O6/c17-16(18,19)10-3-1-8(2-4-10)14-21-22-15(30-14)20-13(25)9-5-11(23(26)27)7-12(6-9)24(28)29/h1-7H,(H,20,22,25). The van der Waals surface area contributed by atoms with Crippen LogP contribution in [0.1, 0.15) is 15.9 Å². The van der Waals surface area contributed by atoms with Gasteiger partial charge < -0.3 is 4.42 Å². The third-order valence-corrected chi connectivity index (χ3v) is 3.69. The quantitative estimate of drug-likeness (QED) is 0.480. The summed E-state index contributed by atoms with van der Waals surface area (Å²) in [5, 5.41) is 31.0. The minimum Gasteiger partial charge on any atom is -0.403 e. The van der Waals surface area contributed by atoms with Crippen LogP contribution in [0.4, 0.5) is 30.6 Å². The van der Waals surface area contributed by atoms with Crippen LogP contribution in [0.3, 0.4) is 0 Å². The van der Waals surface area contributed by atoms with E-state index in [2.05, 4.69) is 15.5 Å². The first kappa shape index (κ1) is 20.4. The van der Waals surface area contributed by atoms with Crippen molar-refractivity contribution in [2.45, 2.75) is 6.18 Å². The highest BCUT2D eigenvalue weighted by molar-refractivity contribution is 6.04. The highest BCUT2D eigenvalue weighted by atomic mass is 19.4. The summed E-state index contributed by atoms with van der Waals surface area (Å²) in [6.07, 6.45) is -4.52. The van der Waals surface area contributed by atoms with Gasteiger partial charge in [-0.15, -0.1) is 5.10 Å². The molecule has 14 heteroatoms. The molecule has 0 bridgehead atoms. The van der Waals surface area contributed by atoms with Crippen LogP contribution < -0.4 is 5.32 Å². The molecule has 154 valence electrons. The van der Waals surface area contributed by atoms with E-state index in [9.17, 15) is 38.2 Å². The van der Waals surface area contributed by atoms with Gasteiger partial charge in [0.15, 0.2) is 0 Å². The van der Waals surface area contributed by atoms with Crippen LogP contribution in [0.5, 0.6) is 0 Å². The Hall–Kier alpha value is -4.36. The van der Waals surface area contributed by atoms with Crippen molar-refractivity contribution in [1.29, 1.82) is 0 Å². The van der Waals surface area contributed by atoms with Crippen molar-refractivity contribution in [3.05, 3.63) is 73.8 Å². The Morgan fingerprint density at radius 1 is 0.967 bits per heavy atom. The highest BCUT2D eigenvalue weighted by Gasteiger charge is 2.30. The second kappa shape index (κ2) is 7.57. The van der Waals surface area contributed by atoms with Crippen LogP contribution in [-0.4, -0.2) is 26.0 Å². The van der Waals surface area contributed by atoms with E-state index in [0.29, 0.717) is 6.07 Å². The fourth-order valence-electron chi connectivity index (χ4n) is 2.30. The van der Waals surface area contributed by atoms with Crippen molar-refractivity contribution in [3.8, 4) is 11.5 Å². The Bertz CT molecular complexity index is 1110. The summed E-state index contributed by atoms with van der Waals surface area (Å²) < 4.78 is 43.0. The van der Waals surface area contributed by atoms with E-state index in [1.165, 1.54) is 0 Å². The summed E-state index contributed by atoms with van der Waals surface area (Å²) in [5.41, 5.74) is -2.51. The van der Waals surface area contributed by atoms with Crippen LogP contribution in [-0.2, 0) is 6.18 Å². The topological polar surface area (TPSA) is 154 Å². The van der Waals surface area contributed by atoms with Crippen LogP contribution in [0.15, 0.2) is 46.9 Å². The number of nitrogens with one attached hydrogen (secondary N) is 1. The minimum atomic E-state index is -4.52. The van der Waals surface area contributed by atoms with E-state index >= 15 is 0 Å². The molecule has 1 amide bonds. The lowest BCUT2D eigenvalue weighted by molar-refractivity contribution is -0.394. The molecular weight excluding hydrogens is 415 g/mol. The molecule has 11 nitrogen and oxygen atoms in total. The number of anilines is 1. The van der Waals surface area contributed by atoms with Crippen molar-refractivity contribution in [2.24, 2.45) is 0 Å². The molecular formula is C16H8F3N5O6. The average molecular weight is 423 g/mol. The molecule has 0 aliphatic carbocycles. The first-order valence-corrected chi connectivity index (χ1v) is 7.81. The van der Waals surface area contributed by atoms with Crippen LogP contribution in [0.2, 0.25) is 0 Å². The Morgan fingerprint density at radius 3 is 2.03 bits per heavy atom. The fourth-order valence-corrected chi connectivity index (χ4v) is 2.30. The number of rotatable bonds is 5. The Labute approximate surface area is 163 Å². The number of hydrogen-bond acceptors (Lipinski definition) is 8. The van der Waals surface area contributed by atoms with Gasteiger partial charge in [0.05, 0.1) is 27.0 Å². The summed E-state index contributed by atoms with van der Waals surface area (Å²) in [5.74, 6) is -1.21. The molecule has 1 N–H and O–H groups in total.